The Morgan fingerprint density at radius 1 is 1.11 bits per heavy atom. The summed E-state index contributed by atoms with van der Waals surface area (Å²) in [6.45, 7) is -0.349. The van der Waals surface area contributed by atoms with Crippen molar-refractivity contribution in [3.05, 3.63) is 24.2 Å². The molecule has 3 aliphatic rings. The first-order valence-electron chi connectivity index (χ1n) is 12.2. The number of allylic oxidation sites excluding steroid dienone is 1. The highest BCUT2D eigenvalue weighted by atomic mass is 35.5. The molecule has 2 aliphatic heterocycles. The van der Waals surface area contributed by atoms with Gasteiger partial charge in [0.1, 0.15) is 49.0 Å². The van der Waals surface area contributed by atoms with E-state index in [9.17, 15) is 19.8 Å². The fourth-order valence-electron chi connectivity index (χ4n) is 4.77. The van der Waals surface area contributed by atoms with Crippen LogP contribution < -0.4 is 10.2 Å². The molecule has 6 atom stereocenters. The molecule has 4 rings (SSSR count). The minimum absolute atomic E-state index is 0.207. The summed E-state index contributed by atoms with van der Waals surface area (Å²) in [5, 5.41) is 24.8. The summed E-state index contributed by atoms with van der Waals surface area (Å²) in [7, 11) is 0. The largest absolute Gasteiger partial charge is 0.461 e. The molecule has 0 amide bonds. The maximum Gasteiger partial charge on any atom is 0.339 e. The van der Waals surface area contributed by atoms with E-state index in [4.69, 9.17) is 60.6 Å². The molecular formula is C23H28Cl4N4O7. The van der Waals surface area contributed by atoms with E-state index >= 15 is 0 Å². The van der Waals surface area contributed by atoms with Crippen LogP contribution >= 0.6 is 46.4 Å². The summed E-state index contributed by atoms with van der Waals surface area (Å²) in [4.78, 5) is 31.5. The molecule has 1 aromatic heterocycles. The number of aliphatic hydroxyl groups excluding tert-OH is 2. The van der Waals surface area contributed by atoms with Crippen molar-refractivity contribution in [3.63, 3.8) is 0 Å². The number of rotatable bonds is 8. The van der Waals surface area contributed by atoms with Gasteiger partial charge >= 0.3 is 11.9 Å². The van der Waals surface area contributed by atoms with Gasteiger partial charge in [0.25, 0.3) is 0 Å². The zero-order chi connectivity index (χ0) is 27.4. The van der Waals surface area contributed by atoms with E-state index in [0.29, 0.717) is 24.5 Å². The van der Waals surface area contributed by atoms with Gasteiger partial charge in [-0.25, -0.2) is 19.6 Å². The third-order valence-corrected chi connectivity index (χ3v) is 7.34. The summed E-state index contributed by atoms with van der Waals surface area (Å²) in [5.74, 6) is -0.543. The highest BCUT2D eigenvalue weighted by Gasteiger charge is 2.47. The Hall–Kier alpha value is -1.60. The number of nitrogens with zero attached hydrogens (tertiary/aromatic N) is 3. The topological polar surface area (TPSA) is 143 Å². The molecule has 210 valence electrons. The molecular weight excluding hydrogens is 586 g/mol. The number of halogens is 4. The molecule has 3 heterocycles. The second kappa shape index (κ2) is 13.2. The number of hydrogen-bond donors (Lipinski definition) is 3. The van der Waals surface area contributed by atoms with Crippen LogP contribution in [0, 0.1) is 0 Å². The monoisotopic (exact) mass is 612 g/mol. The lowest BCUT2D eigenvalue weighted by atomic mass is 10.0. The van der Waals surface area contributed by atoms with E-state index in [-0.39, 0.29) is 12.6 Å². The molecule has 15 heteroatoms. The molecule has 1 saturated carbocycles. The van der Waals surface area contributed by atoms with Crippen LogP contribution in [-0.2, 0) is 30.2 Å². The highest BCUT2D eigenvalue weighted by Crippen LogP contribution is 2.35. The van der Waals surface area contributed by atoms with Gasteiger partial charge in [0.2, 0.25) is 9.67 Å². The first-order valence-corrected chi connectivity index (χ1v) is 13.9. The third kappa shape index (κ3) is 6.75. The van der Waals surface area contributed by atoms with Crippen molar-refractivity contribution < 1.29 is 34.0 Å². The fraction of sp³-hybridized carbons (Fsp3) is 0.652. The Labute approximate surface area is 239 Å². The molecule has 0 bridgehead atoms. The van der Waals surface area contributed by atoms with Crippen molar-refractivity contribution in [1.29, 1.82) is 0 Å². The number of fused-ring (bicyclic) bond motifs is 1. The lowest BCUT2D eigenvalue weighted by molar-refractivity contribution is -0.147. The van der Waals surface area contributed by atoms with Crippen LogP contribution in [0.1, 0.15) is 37.7 Å². The summed E-state index contributed by atoms with van der Waals surface area (Å²) in [5.41, 5.74) is 0.772. The number of hydrogen-bond acceptors (Lipinski definition) is 11. The standard InChI is InChI=1S/C23H28Cl4N4O7/c24-17(25)22(34)36-9-14-15(32)16(33)21(37-14)31-8-3-1-2-5-11-19(28-10-29-20(11)31)30-12-6-4-7-13(12)38-23(35)18(26)27/h3,8,10,12-18,21,32-33H,1-2,4-7,9H2,(H,28,29,30)/t12?,13?,14?,15-,16-,21?/m1/s1. The maximum absolute atomic E-state index is 12.0. The quantitative estimate of drug-likeness (QED) is 0.294. The van der Waals surface area contributed by atoms with Gasteiger partial charge in [-0.05, 0) is 38.5 Å². The van der Waals surface area contributed by atoms with Gasteiger partial charge in [0, 0.05) is 11.8 Å². The van der Waals surface area contributed by atoms with E-state index in [1.54, 1.807) is 11.1 Å². The molecule has 1 saturated heterocycles. The number of alkyl halides is 4. The predicted molar refractivity (Wildman–Crippen MR) is 140 cm³/mol. The van der Waals surface area contributed by atoms with E-state index in [1.807, 2.05) is 6.08 Å². The number of aliphatic hydroxyl groups is 2. The van der Waals surface area contributed by atoms with E-state index < -0.39 is 52.3 Å². The van der Waals surface area contributed by atoms with Crippen LogP contribution in [-0.4, -0.2) is 85.1 Å². The summed E-state index contributed by atoms with van der Waals surface area (Å²) >= 11 is 22.3. The van der Waals surface area contributed by atoms with Crippen molar-refractivity contribution >= 4 is 70.0 Å². The van der Waals surface area contributed by atoms with Gasteiger partial charge in [-0.3, -0.25) is 0 Å². The SMILES string of the molecule is O=C(OCC1OC(N2C=CCCCc3c(NC4CCCC4OC(=O)C(Cl)Cl)ncnc32)[C@H](O)[C@@H]1O)C(Cl)Cl. The zero-order valence-corrected chi connectivity index (χ0v) is 23.1. The Balaban J connectivity index is 1.55. The first-order chi connectivity index (χ1) is 18.2. The summed E-state index contributed by atoms with van der Waals surface area (Å²) < 4.78 is 16.4. The average Bonchev–Trinajstić information content (AvgIpc) is 3.42. The first kappa shape index (κ1) is 29.4. The number of anilines is 2. The lowest BCUT2D eigenvalue weighted by Crippen LogP contribution is -2.43. The number of carbonyl (C=O) groups excluding carboxylic acids is 2. The molecule has 1 aromatic rings. The Morgan fingerprint density at radius 2 is 1.87 bits per heavy atom. The highest BCUT2D eigenvalue weighted by molar-refractivity contribution is 6.53. The molecule has 2 fully saturated rings. The second-order valence-corrected chi connectivity index (χ2v) is 11.3. The van der Waals surface area contributed by atoms with E-state index in [2.05, 4.69) is 15.3 Å². The maximum atomic E-state index is 12.0. The van der Waals surface area contributed by atoms with Gasteiger partial charge in [-0.2, -0.15) is 0 Å². The molecule has 0 aromatic carbocycles. The van der Waals surface area contributed by atoms with Gasteiger partial charge in [0.05, 0.1) is 6.04 Å². The zero-order valence-electron chi connectivity index (χ0n) is 20.1. The van der Waals surface area contributed by atoms with Crippen molar-refractivity contribution in [2.45, 2.75) is 84.9 Å². The summed E-state index contributed by atoms with van der Waals surface area (Å²) in [6, 6.07) is -0.207. The number of aromatic nitrogens is 2. The summed E-state index contributed by atoms with van der Waals surface area (Å²) in [6.07, 6.45) is 4.28. The molecule has 11 nitrogen and oxygen atoms in total. The number of ether oxygens (including phenoxy) is 3. The minimum atomic E-state index is -1.38. The number of nitrogens with one attached hydrogen (secondary N) is 1. The Bertz CT molecular complexity index is 1030. The van der Waals surface area contributed by atoms with Crippen LogP contribution in [0.25, 0.3) is 0 Å². The predicted octanol–water partition coefficient (Wildman–Crippen LogP) is 2.61. The minimum Gasteiger partial charge on any atom is -0.461 e. The van der Waals surface area contributed by atoms with E-state index in [1.165, 1.54) is 6.33 Å². The van der Waals surface area contributed by atoms with Crippen molar-refractivity contribution in [2.24, 2.45) is 0 Å². The van der Waals surface area contributed by atoms with Crippen LogP contribution in [0.4, 0.5) is 11.6 Å². The fourth-order valence-corrected chi connectivity index (χ4v) is 5.00. The lowest BCUT2D eigenvalue weighted by Gasteiger charge is -2.32. The average molecular weight is 614 g/mol. The van der Waals surface area contributed by atoms with Crippen LogP contribution in [0.5, 0.6) is 0 Å². The van der Waals surface area contributed by atoms with Crippen molar-refractivity contribution in [2.75, 3.05) is 16.8 Å². The van der Waals surface area contributed by atoms with Crippen LogP contribution in [0.2, 0.25) is 0 Å². The van der Waals surface area contributed by atoms with Crippen LogP contribution in [0.3, 0.4) is 0 Å². The van der Waals surface area contributed by atoms with Crippen molar-refractivity contribution in [1.82, 2.24) is 9.97 Å². The smallest absolute Gasteiger partial charge is 0.339 e. The van der Waals surface area contributed by atoms with Gasteiger partial charge in [-0.15, -0.1) is 0 Å². The van der Waals surface area contributed by atoms with Gasteiger partial charge in [0.15, 0.2) is 6.23 Å². The normalized spacial score (nSPS) is 29.2. The Kier molecular flexibility index (Phi) is 10.2. The molecule has 1 aliphatic carbocycles. The third-order valence-electron chi connectivity index (χ3n) is 6.63. The second-order valence-electron chi connectivity index (χ2n) is 9.14. The number of carbonyl (C=O) groups is 2. The molecule has 38 heavy (non-hydrogen) atoms. The van der Waals surface area contributed by atoms with Gasteiger partial charge < -0.3 is 34.6 Å². The van der Waals surface area contributed by atoms with Gasteiger partial charge in [-0.1, -0.05) is 52.5 Å². The molecule has 4 unspecified atom stereocenters. The molecule has 0 spiro atoms. The molecule has 0 radical (unpaired) electrons. The Morgan fingerprint density at radius 3 is 2.61 bits per heavy atom. The van der Waals surface area contributed by atoms with E-state index in [0.717, 1.165) is 31.2 Å². The van der Waals surface area contributed by atoms with Crippen LogP contribution in [0.15, 0.2) is 18.6 Å². The van der Waals surface area contributed by atoms with Crippen molar-refractivity contribution in [3.8, 4) is 0 Å². The number of esters is 2. The molecule has 3 N–H and O–H groups in total.